The van der Waals surface area contributed by atoms with Gasteiger partial charge in [0, 0.05) is 25.2 Å². The molecule has 1 saturated carbocycles. The first-order valence-corrected chi connectivity index (χ1v) is 9.79. The van der Waals surface area contributed by atoms with E-state index in [1.807, 2.05) is 38.1 Å². The zero-order valence-corrected chi connectivity index (χ0v) is 16.1. The van der Waals surface area contributed by atoms with Crippen molar-refractivity contribution in [3.05, 3.63) is 28.7 Å². The zero-order valence-electron chi connectivity index (χ0n) is 14.5. The number of hydrogen-bond donors (Lipinski definition) is 1. The SMILES string of the molecule is CC(C)[C@@H](Oc1ccccc1Br)C(=O)NC1CCN(C2CC2)CC1. The van der Waals surface area contributed by atoms with Gasteiger partial charge in [0.2, 0.25) is 0 Å². The van der Waals surface area contributed by atoms with Crippen LogP contribution >= 0.6 is 15.9 Å². The number of amides is 1. The molecule has 5 heteroatoms. The standard InChI is InChI=1S/C19H27BrN2O2/c1-13(2)18(24-17-6-4-3-5-16(17)20)19(23)21-14-9-11-22(12-10-14)15-7-8-15/h3-6,13-15,18H,7-12H2,1-2H3,(H,21,23)/t18-/m1/s1. The molecule has 1 aromatic rings. The van der Waals surface area contributed by atoms with Crippen LogP contribution in [-0.2, 0) is 4.79 Å². The molecule has 0 bridgehead atoms. The van der Waals surface area contributed by atoms with E-state index in [0.29, 0.717) is 0 Å². The maximum atomic E-state index is 12.7. The summed E-state index contributed by atoms with van der Waals surface area (Å²) in [5, 5.41) is 3.21. The average molecular weight is 395 g/mol. The molecule has 1 aliphatic carbocycles. The molecule has 0 aromatic heterocycles. The van der Waals surface area contributed by atoms with Gasteiger partial charge >= 0.3 is 0 Å². The third-order valence-electron chi connectivity index (χ3n) is 4.89. The molecule has 0 unspecified atom stereocenters. The fourth-order valence-electron chi connectivity index (χ4n) is 3.30. The van der Waals surface area contributed by atoms with Gasteiger partial charge in [0.25, 0.3) is 5.91 Å². The molecule has 1 aromatic carbocycles. The number of benzene rings is 1. The van der Waals surface area contributed by atoms with E-state index in [9.17, 15) is 4.79 Å². The van der Waals surface area contributed by atoms with Crippen molar-refractivity contribution < 1.29 is 9.53 Å². The Bertz CT molecular complexity index is 566. The van der Waals surface area contributed by atoms with Crippen LogP contribution in [0.25, 0.3) is 0 Å². The number of hydrogen-bond acceptors (Lipinski definition) is 3. The Balaban J connectivity index is 1.55. The molecule has 3 rings (SSSR count). The van der Waals surface area contributed by atoms with Crippen LogP contribution in [0.2, 0.25) is 0 Å². The second-order valence-corrected chi connectivity index (χ2v) is 8.12. The predicted molar refractivity (Wildman–Crippen MR) is 99.2 cm³/mol. The van der Waals surface area contributed by atoms with Gasteiger partial charge in [0.1, 0.15) is 5.75 Å². The van der Waals surface area contributed by atoms with Gasteiger partial charge in [-0.3, -0.25) is 4.79 Å². The Hall–Kier alpha value is -1.07. The number of carbonyl (C=O) groups excluding carboxylic acids is 1. The molecule has 132 valence electrons. The highest BCUT2D eigenvalue weighted by molar-refractivity contribution is 9.10. The van der Waals surface area contributed by atoms with Gasteiger partial charge in [0.15, 0.2) is 6.10 Å². The summed E-state index contributed by atoms with van der Waals surface area (Å²) in [5.74, 6) is 0.837. The van der Waals surface area contributed by atoms with E-state index in [1.165, 1.54) is 12.8 Å². The molecule has 1 heterocycles. The van der Waals surface area contributed by atoms with Crippen molar-refractivity contribution in [3.8, 4) is 5.75 Å². The molecular weight excluding hydrogens is 368 g/mol. The maximum Gasteiger partial charge on any atom is 0.261 e. The third-order valence-corrected chi connectivity index (χ3v) is 5.55. The Morgan fingerprint density at radius 3 is 2.46 bits per heavy atom. The summed E-state index contributed by atoms with van der Waals surface area (Å²) < 4.78 is 6.89. The minimum atomic E-state index is -0.467. The Kier molecular flexibility index (Phi) is 5.82. The number of nitrogens with one attached hydrogen (secondary N) is 1. The zero-order chi connectivity index (χ0) is 17.1. The fraction of sp³-hybridized carbons (Fsp3) is 0.632. The number of para-hydroxylation sites is 1. The van der Waals surface area contributed by atoms with Crippen molar-refractivity contribution >= 4 is 21.8 Å². The lowest BCUT2D eigenvalue weighted by Gasteiger charge is -2.33. The molecule has 24 heavy (non-hydrogen) atoms. The first kappa shape index (κ1) is 17.7. The quantitative estimate of drug-likeness (QED) is 0.801. The second-order valence-electron chi connectivity index (χ2n) is 7.26. The molecular formula is C19H27BrN2O2. The van der Waals surface area contributed by atoms with Crippen LogP contribution in [0.4, 0.5) is 0 Å². The van der Waals surface area contributed by atoms with Crippen molar-refractivity contribution in [1.29, 1.82) is 0 Å². The molecule has 2 aliphatic rings. The first-order valence-electron chi connectivity index (χ1n) is 9.00. The van der Waals surface area contributed by atoms with Crippen LogP contribution in [0.15, 0.2) is 28.7 Å². The highest BCUT2D eigenvalue weighted by Crippen LogP contribution is 2.29. The molecule has 1 saturated heterocycles. The van der Waals surface area contributed by atoms with Gasteiger partial charge in [-0.05, 0) is 59.7 Å². The van der Waals surface area contributed by atoms with Gasteiger partial charge in [0.05, 0.1) is 4.47 Å². The predicted octanol–water partition coefficient (Wildman–Crippen LogP) is 3.60. The highest BCUT2D eigenvalue weighted by Gasteiger charge is 2.33. The minimum Gasteiger partial charge on any atom is -0.479 e. The van der Waals surface area contributed by atoms with Crippen molar-refractivity contribution in [2.24, 2.45) is 5.92 Å². The molecule has 1 aliphatic heterocycles. The molecule has 0 spiro atoms. The number of ether oxygens (including phenoxy) is 1. The molecule has 4 nitrogen and oxygen atoms in total. The summed E-state index contributed by atoms with van der Waals surface area (Å²) in [5.41, 5.74) is 0. The van der Waals surface area contributed by atoms with Crippen LogP contribution in [0.5, 0.6) is 5.75 Å². The fourth-order valence-corrected chi connectivity index (χ4v) is 3.68. The van der Waals surface area contributed by atoms with E-state index < -0.39 is 6.10 Å². The van der Waals surface area contributed by atoms with E-state index in [-0.39, 0.29) is 17.9 Å². The van der Waals surface area contributed by atoms with Gasteiger partial charge in [-0.25, -0.2) is 0 Å². The summed E-state index contributed by atoms with van der Waals surface area (Å²) in [6.07, 6.45) is 4.33. The molecule has 0 radical (unpaired) electrons. The van der Waals surface area contributed by atoms with E-state index in [2.05, 4.69) is 26.1 Å². The normalized spacial score (nSPS) is 20.8. The Morgan fingerprint density at radius 2 is 1.88 bits per heavy atom. The van der Waals surface area contributed by atoms with Crippen LogP contribution in [0, 0.1) is 5.92 Å². The summed E-state index contributed by atoms with van der Waals surface area (Å²) in [7, 11) is 0. The largest absolute Gasteiger partial charge is 0.479 e. The van der Waals surface area contributed by atoms with Crippen LogP contribution in [0.1, 0.15) is 39.5 Å². The van der Waals surface area contributed by atoms with Crippen molar-refractivity contribution in [2.75, 3.05) is 13.1 Å². The lowest BCUT2D eigenvalue weighted by atomic mass is 10.0. The highest BCUT2D eigenvalue weighted by atomic mass is 79.9. The van der Waals surface area contributed by atoms with Crippen molar-refractivity contribution in [2.45, 2.75) is 57.7 Å². The summed E-state index contributed by atoms with van der Waals surface area (Å²) in [4.78, 5) is 15.3. The van der Waals surface area contributed by atoms with E-state index in [1.54, 1.807) is 0 Å². The topological polar surface area (TPSA) is 41.6 Å². The van der Waals surface area contributed by atoms with E-state index >= 15 is 0 Å². The average Bonchev–Trinajstić information content (AvgIpc) is 3.39. The summed E-state index contributed by atoms with van der Waals surface area (Å²) >= 11 is 3.49. The maximum absolute atomic E-state index is 12.7. The lowest BCUT2D eigenvalue weighted by molar-refractivity contribution is -0.130. The molecule has 1 N–H and O–H groups in total. The van der Waals surface area contributed by atoms with Gasteiger partial charge < -0.3 is 15.0 Å². The lowest BCUT2D eigenvalue weighted by Crippen LogP contribution is -2.50. The van der Waals surface area contributed by atoms with Gasteiger partial charge in [-0.15, -0.1) is 0 Å². The Morgan fingerprint density at radius 1 is 1.21 bits per heavy atom. The van der Waals surface area contributed by atoms with E-state index in [0.717, 1.165) is 42.2 Å². The summed E-state index contributed by atoms with van der Waals surface area (Å²) in [6, 6.07) is 8.78. The number of piperidine rings is 1. The Labute approximate surface area is 153 Å². The number of rotatable bonds is 6. The smallest absolute Gasteiger partial charge is 0.261 e. The van der Waals surface area contributed by atoms with E-state index in [4.69, 9.17) is 4.74 Å². The van der Waals surface area contributed by atoms with Crippen LogP contribution in [-0.4, -0.2) is 42.1 Å². The number of likely N-dealkylation sites (tertiary alicyclic amines) is 1. The van der Waals surface area contributed by atoms with Crippen LogP contribution < -0.4 is 10.1 Å². The molecule has 1 amide bonds. The summed E-state index contributed by atoms with van der Waals surface area (Å²) in [6.45, 7) is 6.26. The third kappa shape index (κ3) is 4.51. The number of nitrogens with zero attached hydrogens (tertiary/aromatic N) is 1. The first-order chi connectivity index (χ1) is 11.5. The van der Waals surface area contributed by atoms with Gasteiger partial charge in [-0.2, -0.15) is 0 Å². The second kappa shape index (κ2) is 7.87. The van der Waals surface area contributed by atoms with Crippen molar-refractivity contribution in [1.82, 2.24) is 10.2 Å². The minimum absolute atomic E-state index is 0.00521. The molecule has 1 atom stereocenters. The van der Waals surface area contributed by atoms with Crippen LogP contribution in [0.3, 0.4) is 0 Å². The molecule has 2 fully saturated rings. The van der Waals surface area contributed by atoms with Gasteiger partial charge in [-0.1, -0.05) is 26.0 Å². The number of halogens is 1. The van der Waals surface area contributed by atoms with Crippen molar-refractivity contribution in [3.63, 3.8) is 0 Å². The number of carbonyl (C=O) groups is 1. The monoisotopic (exact) mass is 394 g/mol.